The minimum Gasteiger partial charge on any atom is -0.408 e. The second-order valence-corrected chi connectivity index (χ2v) is 5.65. The predicted molar refractivity (Wildman–Crippen MR) is 90.0 cm³/mol. The van der Waals surface area contributed by atoms with Gasteiger partial charge in [0.15, 0.2) is 11.2 Å². The molecule has 3 aromatic heterocycles. The van der Waals surface area contributed by atoms with E-state index in [-0.39, 0.29) is 5.91 Å². The first kappa shape index (κ1) is 15.1. The van der Waals surface area contributed by atoms with Crippen molar-refractivity contribution in [3.63, 3.8) is 0 Å². The van der Waals surface area contributed by atoms with Gasteiger partial charge in [0, 0.05) is 12.4 Å². The highest BCUT2D eigenvalue weighted by atomic mass is 16.4. The van der Waals surface area contributed by atoms with Crippen LogP contribution in [0.2, 0.25) is 0 Å². The maximum absolute atomic E-state index is 12.5. The van der Waals surface area contributed by atoms with Crippen molar-refractivity contribution in [1.29, 1.82) is 0 Å². The number of para-hydroxylation sites is 2. The normalized spacial score (nSPS) is 12.5. The van der Waals surface area contributed by atoms with Crippen LogP contribution in [0.4, 0.5) is 0 Å². The van der Waals surface area contributed by atoms with Gasteiger partial charge in [0.1, 0.15) is 6.04 Å². The molecule has 25 heavy (non-hydrogen) atoms. The monoisotopic (exact) mass is 337 g/mol. The molecule has 4 aromatic rings. The number of amides is 1. The quantitative estimate of drug-likeness (QED) is 0.609. The summed E-state index contributed by atoms with van der Waals surface area (Å²) in [6.07, 6.45) is 6.76. The number of fused-ring (bicyclic) bond motifs is 2. The van der Waals surface area contributed by atoms with Gasteiger partial charge in [-0.15, -0.1) is 0 Å². The molecule has 1 N–H and O–H groups in total. The van der Waals surface area contributed by atoms with Gasteiger partial charge < -0.3 is 9.73 Å². The van der Waals surface area contributed by atoms with Crippen molar-refractivity contribution in [3.05, 3.63) is 65.3 Å². The van der Waals surface area contributed by atoms with Crippen molar-refractivity contribution in [2.45, 2.75) is 19.5 Å². The van der Waals surface area contributed by atoms with Gasteiger partial charge in [-0.25, -0.2) is 9.78 Å². The summed E-state index contributed by atoms with van der Waals surface area (Å²) in [5.74, 6) is -0.831. The summed E-state index contributed by atoms with van der Waals surface area (Å²) >= 11 is 0. The van der Waals surface area contributed by atoms with Gasteiger partial charge in [-0.1, -0.05) is 12.1 Å². The number of hydrogen-bond donors (Lipinski definition) is 1. The smallest absolute Gasteiger partial charge is 0.408 e. The van der Waals surface area contributed by atoms with Crippen molar-refractivity contribution >= 4 is 22.7 Å². The van der Waals surface area contributed by atoms with E-state index in [4.69, 9.17) is 4.42 Å². The third-order valence-corrected chi connectivity index (χ3v) is 4.12. The zero-order valence-corrected chi connectivity index (χ0v) is 13.4. The number of oxazole rings is 1. The highest BCUT2D eigenvalue weighted by molar-refractivity contribution is 5.82. The first-order valence-electron chi connectivity index (χ1n) is 7.79. The Morgan fingerprint density at radius 1 is 1.32 bits per heavy atom. The van der Waals surface area contributed by atoms with E-state index in [0.29, 0.717) is 23.3 Å². The van der Waals surface area contributed by atoms with Crippen molar-refractivity contribution in [1.82, 2.24) is 24.3 Å². The van der Waals surface area contributed by atoms with E-state index < -0.39 is 11.8 Å². The van der Waals surface area contributed by atoms with E-state index in [1.54, 1.807) is 56.0 Å². The second-order valence-electron chi connectivity index (χ2n) is 5.65. The lowest BCUT2D eigenvalue weighted by Gasteiger charge is -2.13. The van der Waals surface area contributed by atoms with Crippen LogP contribution >= 0.6 is 0 Å². The minimum absolute atomic E-state index is 0.280. The highest BCUT2D eigenvalue weighted by Crippen LogP contribution is 2.16. The minimum atomic E-state index is -0.697. The Hall–Kier alpha value is -3.42. The molecule has 1 atom stereocenters. The molecule has 3 heterocycles. The first-order chi connectivity index (χ1) is 12.1. The van der Waals surface area contributed by atoms with Crippen LogP contribution in [-0.2, 0) is 11.3 Å². The molecule has 0 aliphatic carbocycles. The van der Waals surface area contributed by atoms with Crippen molar-refractivity contribution < 1.29 is 9.21 Å². The maximum atomic E-state index is 12.5. The zero-order chi connectivity index (χ0) is 17.4. The summed E-state index contributed by atoms with van der Waals surface area (Å²) in [6, 6.07) is 6.33. The Kier molecular flexibility index (Phi) is 3.57. The Morgan fingerprint density at radius 2 is 2.16 bits per heavy atom. The van der Waals surface area contributed by atoms with Crippen molar-refractivity contribution in [2.24, 2.45) is 0 Å². The molecule has 0 fully saturated rings. The fraction of sp³-hybridized carbons (Fsp3) is 0.176. The molecule has 1 amide bonds. The van der Waals surface area contributed by atoms with Crippen LogP contribution in [0.15, 0.2) is 58.3 Å². The number of nitrogens with one attached hydrogen (secondary N) is 1. The van der Waals surface area contributed by atoms with Crippen LogP contribution in [0.5, 0.6) is 0 Å². The van der Waals surface area contributed by atoms with E-state index in [1.165, 1.54) is 4.57 Å². The molecule has 0 bridgehead atoms. The standard InChI is InChI=1S/C17H15N5O3/c1-11(22-13-4-2-3-5-14(13)25-17(22)24)16(23)20-9-12-8-19-15-10-18-6-7-21(12)15/h2-8,10-11H,9H2,1H3,(H,20,23)/t11-/m1/s1. The lowest BCUT2D eigenvalue weighted by atomic mass is 10.2. The molecule has 0 saturated heterocycles. The Labute approximate surface area is 141 Å². The van der Waals surface area contributed by atoms with Gasteiger partial charge in [-0.05, 0) is 19.1 Å². The first-order valence-corrected chi connectivity index (χ1v) is 7.79. The van der Waals surface area contributed by atoms with Gasteiger partial charge in [0.2, 0.25) is 5.91 Å². The number of nitrogens with zero attached hydrogens (tertiary/aromatic N) is 4. The zero-order valence-electron chi connectivity index (χ0n) is 13.4. The number of carbonyl (C=O) groups is 1. The molecular formula is C17H15N5O3. The topological polar surface area (TPSA) is 94.4 Å². The molecule has 0 radical (unpaired) electrons. The van der Waals surface area contributed by atoms with Crippen molar-refractivity contribution in [2.75, 3.05) is 0 Å². The van der Waals surface area contributed by atoms with Gasteiger partial charge in [0.05, 0.1) is 30.1 Å². The number of imidazole rings is 1. The van der Waals surface area contributed by atoms with Gasteiger partial charge in [-0.3, -0.25) is 18.7 Å². The molecule has 0 unspecified atom stereocenters. The molecule has 8 nitrogen and oxygen atoms in total. The molecule has 1 aromatic carbocycles. The summed E-state index contributed by atoms with van der Waals surface area (Å²) < 4.78 is 8.38. The summed E-state index contributed by atoms with van der Waals surface area (Å²) in [5.41, 5.74) is 2.58. The largest absolute Gasteiger partial charge is 0.420 e. The van der Waals surface area contributed by atoms with Crippen LogP contribution in [0.1, 0.15) is 18.7 Å². The summed E-state index contributed by atoms with van der Waals surface area (Å²) in [7, 11) is 0. The summed E-state index contributed by atoms with van der Waals surface area (Å²) in [5, 5.41) is 2.84. The molecule has 0 aliphatic rings. The molecule has 0 spiro atoms. The lowest BCUT2D eigenvalue weighted by Crippen LogP contribution is -2.34. The lowest BCUT2D eigenvalue weighted by molar-refractivity contribution is -0.124. The molecular weight excluding hydrogens is 322 g/mol. The third-order valence-electron chi connectivity index (χ3n) is 4.12. The number of rotatable bonds is 4. The molecule has 4 rings (SSSR count). The highest BCUT2D eigenvalue weighted by Gasteiger charge is 2.21. The number of carbonyl (C=O) groups excluding carboxylic acids is 1. The summed E-state index contributed by atoms with van der Waals surface area (Å²) in [4.78, 5) is 32.8. The van der Waals surface area contributed by atoms with Gasteiger partial charge >= 0.3 is 5.76 Å². The van der Waals surface area contributed by atoms with Gasteiger partial charge in [-0.2, -0.15) is 0 Å². The van der Waals surface area contributed by atoms with Crippen LogP contribution < -0.4 is 11.1 Å². The molecule has 0 aliphatic heterocycles. The Bertz CT molecular complexity index is 1120. The third kappa shape index (κ3) is 2.57. The van der Waals surface area contributed by atoms with E-state index in [0.717, 1.165) is 5.69 Å². The maximum Gasteiger partial charge on any atom is 0.420 e. The van der Waals surface area contributed by atoms with Crippen molar-refractivity contribution in [3.8, 4) is 0 Å². The van der Waals surface area contributed by atoms with E-state index >= 15 is 0 Å². The second kappa shape index (κ2) is 5.90. The van der Waals surface area contributed by atoms with Crippen LogP contribution in [0.3, 0.4) is 0 Å². The molecule has 0 saturated carbocycles. The van der Waals surface area contributed by atoms with Crippen LogP contribution in [-0.4, -0.2) is 24.8 Å². The average Bonchev–Trinajstić information content (AvgIpc) is 3.19. The van der Waals surface area contributed by atoms with Crippen LogP contribution in [0.25, 0.3) is 16.7 Å². The Morgan fingerprint density at radius 3 is 3.04 bits per heavy atom. The average molecular weight is 337 g/mol. The van der Waals surface area contributed by atoms with Gasteiger partial charge in [0.25, 0.3) is 0 Å². The summed E-state index contributed by atoms with van der Waals surface area (Å²) in [6.45, 7) is 1.95. The SMILES string of the molecule is C[C@H](C(=O)NCc1cnc2cnccn12)n1c(=O)oc2ccccc21. The van der Waals surface area contributed by atoms with E-state index in [1.807, 2.05) is 4.40 Å². The molecule has 8 heteroatoms. The molecule has 126 valence electrons. The fourth-order valence-corrected chi connectivity index (χ4v) is 2.82. The number of benzene rings is 1. The predicted octanol–water partition coefficient (Wildman–Crippen LogP) is 1.51. The van der Waals surface area contributed by atoms with Crippen LogP contribution in [0, 0.1) is 0 Å². The fourth-order valence-electron chi connectivity index (χ4n) is 2.82. The Balaban J connectivity index is 1.56. The number of aromatic nitrogens is 4. The van der Waals surface area contributed by atoms with E-state index in [9.17, 15) is 9.59 Å². The van der Waals surface area contributed by atoms with E-state index in [2.05, 4.69) is 15.3 Å². The number of hydrogen-bond acceptors (Lipinski definition) is 5.